The zero-order valence-electron chi connectivity index (χ0n) is 15.2. The topological polar surface area (TPSA) is 47.9 Å². The summed E-state index contributed by atoms with van der Waals surface area (Å²) < 4.78 is 1.13. The molecule has 0 aromatic heterocycles. The second-order valence-electron chi connectivity index (χ2n) is 7.38. The van der Waals surface area contributed by atoms with E-state index in [1.807, 2.05) is 0 Å². The standard InChI is InChI=1S/C20H30BrN3O/c1-2-22-19(24-13-9-18(25)10-14-24)23-15-20(11-3-4-12-20)16-5-7-17(21)8-6-16/h5-8,18,25H,2-4,9-15H2,1H3,(H,22,23). The number of hydrogen-bond acceptors (Lipinski definition) is 2. The highest BCUT2D eigenvalue weighted by molar-refractivity contribution is 9.10. The number of likely N-dealkylation sites (tertiary alicyclic amines) is 1. The number of nitrogens with zero attached hydrogens (tertiary/aromatic N) is 2. The minimum absolute atomic E-state index is 0.150. The Balaban J connectivity index is 1.77. The lowest BCUT2D eigenvalue weighted by molar-refractivity contribution is 0.108. The predicted molar refractivity (Wildman–Crippen MR) is 107 cm³/mol. The van der Waals surface area contributed by atoms with Gasteiger partial charge in [0.2, 0.25) is 0 Å². The van der Waals surface area contributed by atoms with Gasteiger partial charge in [0, 0.05) is 29.5 Å². The third-order valence-electron chi connectivity index (χ3n) is 5.65. The Labute approximate surface area is 159 Å². The summed E-state index contributed by atoms with van der Waals surface area (Å²) in [5.41, 5.74) is 1.60. The lowest BCUT2D eigenvalue weighted by atomic mass is 9.79. The van der Waals surface area contributed by atoms with Gasteiger partial charge in [0.05, 0.1) is 12.6 Å². The molecule has 1 aromatic rings. The summed E-state index contributed by atoms with van der Waals surface area (Å²) in [6.45, 7) is 5.62. The minimum atomic E-state index is -0.150. The van der Waals surface area contributed by atoms with Crippen LogP contribution in [0.3, 0.4) is 0 Å². The van der Waals surface area contributed by atoms with Crippen molar-refractivity contribution in [1.82, 2.24) is 10.2 Å². The lowest BCUT2D eigenvalue weighted by Gasteiger charge is -2.34. The van der Waals surface area contributed by atoms with Crippen molar-refractivity contribution in [3.05, 3.63) is 34.3 Å². The summed E-state index contributed by atoms with van der Waals surface area (Å²) in [5.74, 6) is 1.01. The Morgan fingerprint density at radius 3 is 2.48 bits per heavy atom. The third kappa shape index (κ3) is 4.56. The second-order valence-corrected chi connectivity index (χ2v) is 8.30. The molecule has 1 saturated heterocycles. The van der Waals surface area contributed by atoms with Crippen molar-refractivity contribution in [1.29, 1.82) is 0 Å². The molecule has 138 valence electrons. The molecule has 25 heavy (non-hydrogen) atoms. The average molecular weight is 408 g/mol. The van der Waals surface area contributed by atoms with Gasteiger partial charge in [-0.25, -0.2) is 0 Å². The Kier molecular flexibility index (Phi) is 6.39. The van der Waals surface area contributed by atoms with Crippen molar-refractivity contribution in [3.63, 3.8) is 0 Å². The number of halogens is 1. The molecule has 2 N–H and O–H groups in total. The molecule has 0 amide bonds. The van der Waals surface area contributed by atoms with Crippen LogP contribution < -0.4 is 5.32 Å². The van der Waals surface area contributed by atoms with Gasteiger partial charge in [0.15, 0.2) is 5.96 Å². The lowest BCUT2D eigenvalue weighted by Crippen LogP contribution is -2.47. The molecule has 0 atom stereocenters. The molecule has 2 aliphatic rings. The van der Waals surface area contributed by atoms with E-state index < -0.39 is 0 Å². The van der Waals surface area contributed by atoms with Gasteiger partial charge < -0.3 is 15.3 Å². The van der Waals surface area contributed by atoms with Crippen LogP contribution in [0.5, 0.6) is 0 Å². The van der Waals surface area contributed by atoms with Crippen LogP contribution in [-0.2, 0) is 5.41 Å². The molecule has 1 heterocycles. The number of aliphatic hydroxyl groups is 1. The average Bonchev–Trinajstić information content (AvgIpc) is 3.10. The van der Waals surface area contributed by atoms with Gasteiger partial charge in [-0.1, -0.05) is 40.9 Å². The molecule has 1 aliphatic carbocycles. The number of rotatable bonds is 4. The monoisotopic (exact) mass is 407 g/mol. The van der Waals surface area contributed by atoms with Gasteiger partial charge in [-0.05, 0) is 50.3 Å². The summed E-state index contributed by atoms with van der Waals surface area (Å²) in [7, 11) is 0. The molecule has 0 spiro atoms. The SMILES string of the molecule is CCNC(=NCC1(c2ccc(Br)cc2)CCCC1)N1CCC(O)CC1. The first-order valence-corrected chi connectivity index (χ1v) is 10.4. The first-order valence-electron chi connectivity index (χ1n) is 9.60. The molecule has 2 fully saturated rings. The Morgan fingerprint density at radius 1 is 1.24 bits per heavy atom. The van der Waals surface area contributed by atoms with Gasteiger partial charge in [0.1, 0.15) is 0 Å². The Bertz CT molecular complexity index is 573. The second kappa shape index (κ2) is 8.54. The number of aliphatic imine (C=N–C) groups is 1. The van der Waals surface area contributed by atoms with Crippen LogP contribution in [0.15, 0.2) is 33.7 Å². The number of benzene rings is 1. The van der Waals surface area contributed by atoms with Crippen LogP contribution in [0.1, 0.15) is 51.0 Å². The largest absolute Gasteiger partial charge is 0.393 e. The van der Waals surface area contributed by atoms with Gasteiger partial charge in [-0.3, -0.25) is 4.99 Å². The van der Waals surface area contributed by atoms with E-state index in [0.29, 0.717) is 0 Å². The number of guanidine groups is 1. The summed E-state index contributed by atoms with van der Waals surface area (Å²) in [4.78, 5) is 7.36. The molecule has 0 unspecified atom stereocenters. The van der Waals surface area contributed by atoms with E-state index in [1.54, 1.807) is 0 Å². The van der Waals surface area contributed by atoms with E-state index in [0.717, 1.165) is 49.5 Å². The molecule has 1 aliphatic heterocycles. The fourth-order valence-electron chi connectivity index (χ4n) is 4.12. The van der Waals surface area contributed by atoms with E-state index in [-0.39, 0.29) is 11.5 Å². The van der Waals surface area contributed by atoms with E-state index in [9.17, 15) is 5.11 Å². The van der Waals surface area contributed by atoms with E-state index >= 15 is 0 Å². The van der Waals surface area contributed by atoms with Crippen LogP contribution in [0.4, 0.5) is 0 Å². The van der Waals surface area contributed by atoms with E-state index in [1.165, 1.54) is 31.2 Å². The predicted octanol–water partition coefficient (Wildman–Crippen LogP) is 3.68. The van der Waals surface area contributed by atoms with Crippen molar-refractivity contribution in [2.75, 3.05) is 26.2 Å². The summed E-state index contributed by atoms with van der Waals surface area (Å²) in [6, 6.07) is 8.82. The van der Waals surface area contributed by atoms with Crippen LogP contribution in [0, 0.1) is 0 Å². The van der Waals surface area contributed by atoms with Crippen LogP contribution in [0.2, 0.25) is 0 Å². The fourth-order valence-corrected chi connectivity index (χ4v) is 4.39. The quantitative estimate of drug-likeness (QED) is 0.590. The van der Waals surface area contributed by atoms with E-state index in [2.05, 4.69) is 57.3 Å². The maximum absolute atomic E-state index is 9.76. The first kappa shape index (κ1) is 18.7. The first-order chi connectivity index (χ1) is 12.1. The molecule has 3 rings (SSSR count). The van der Waals surface area contributed by atoms with Crippen LogP contribution in [0.25, 0.3) is 0 Å². The van der Waals surface area contributed by atoms with Gasteiger partial charge in [-0.15, -0.1) is 0 Å². The zero-order chi connectivity index (χ0) is 17.7. The van der Waals surface area contributed by atoms with Crippen LogP contribution in [-0.4, -0.2) is 48.2 Å². The van der Waals surface area contributed by atoms with Crippen molar-refractivity contribution in [2.45, 2.75) is 57.0 Å². The third-order valence-corrected chi connectivity index (χ3v) is 6.18. The van der Waals surface area contributed by atoms with Crippen LogP contribution >= 0.6 is 15.9 Å². The highest BCUT2D eigenvalue weighted by Crippen LogP contribution is 2.41. The molecule has 0 radical (unpaired) electrons. The van der Waals surface area contributed by atoms with Crippen molar-refractivity contribution in [3.8, 4) is 0 Å². The highest BCUT2D eigenvalue weighted by atomic mass is 79.9. The van der Waals surface area contributed by atoms with Crippen molar-refractivity contribution >= 4 is 21.9 Å². The molecule has 5 heteroatoms. The normalized spacial score (nSPS) is 21.6. The minimum Gasteiger partial charge on any atom is -0.393 e. The maximum atomic E-state index is 9.76. The molecule has 1 aromatic carbocycles. The number of nitrogens with one attached hydrogen (secondary N) is 1. The smallest absolute Gasteiger partial charge is 0.193 e. The summed E-state index contributed by atoms with van der Waals surface area (Å²) >= 11 is 3.55. The number of aliphatic hydroxyl groups excluding tert-OH is 1. The van der Waals surface area contributed by atoms with Gasteiger partial charge >= 0.3 is 0 Å². The molecular weight excluding hydrogens is 378 g/mol. The Morgan fingerprint density at radius 2 is 1.88 bits per heavy atom. The fraction of sp³-hybridized carbons (Fsp3) is 0.650. The molecular formula is C20H30BrN3O. The highest BCUT2D eigenvalue weighted by Gasteiger charge is 2.35. The van der Waals surface area contributed by atoms with Crippen molar-refractivity contribution in [2.24, 2.45) is 4.99 Å². The maximum Gasteiger partial charge on any atom is 0.193 e. The summed E-state index contributed by atoms with van der Waals surface area (Å²) in [5, 5.41) is 13.2. The number of hydrogen-bond donors (Lipinski definition) is 2. The molecule has 4 nitrogen and oxygen atoms in total. The number of piperidine rings is 1. The van der Waals surface area contributed by atoms with Gasteiger partial charge in [-0.2, -0.15) is 0 Å². The van der Waals surface area contributed by atoms with Gasteiger partial charge in [0.25, 0.3) is 0 Å². The zero-order valence-corrected chi connectivity index (χ0v) is 16.8. The molecule has 0 bridgehead atoms. The van der Waals surface area contributed by atoms with Crippen molar-refractivity contribution < 1.29 is 5.11 Å². The Hall–Kier alpha value is -1.07. The summed E-state index contributed by atoms with van der Waals surface area (Å²) in [6.07, 6.45) is 6.54. The molecule has 1 saturated carbocycles. The van der Waals surface area contributed by atoms with E-state index in [4.69, 9.17) is 4.99 Å².